The number of rotatable bonds is 3. The van der Waals surface area contributed by atoms with E-state index < -0.39 is 0 Å². The molecule has 0 atom stereocenters. The van der Waals surface area contributed by atoms with Crippen LogP contribution in [-0.4, -0.2) is 30.1 Å². The van der Waals surface area contributed by atoms with Gasteiger partial charge in [0.25, 0.3) is 0 Å². The molecule has 0 aromatic rings. The summed E-state index contributed by atoms with van der Waals surface area (Å²) in [5.41, 5.74) is 8.74. The molecule has 1 aliphatic heterocycles. The van der Waals surface area contributed by atoms with E-state index in [-0.39, 0.29) is 0 Å². The van der Waals surface area contributed by atoms with Gasteiger partial charge in [-0.05, 0) is 37.8 Å². The van der Waals surface area contributed by atoms with Crippen LogP contribution in [0, 0.1) is 0 Å². The van der Waals surface area contributed by atoms with Crippen LogP contribution in [0.1, 0.15) is 38.5 Å². The summed E-state index contributed by atoms with van der Waals surface area (Å²) in [6.45, 7) is 2.81. The zero-order valence-corrected chi connectivity index (χ0v) is 8.65. The van der Waals surface area contributed by atoms with Crippen molar-refractivity contribution in [1.29, 1.82) is 0 Å². The smallest absolute Gasteiger partial charge is 0.0386 e. The average molecular weight is 194 g/mol. The SMILES string of the molecule is [N-]=[N+]=NCCN1CCCC12CCCC2. The van der Waals surface area contributed by atoms with Gasteiger partial charge in [-0.15, -0.1) is 0 Å². The molecule has 2 aliphatic rings. The van der Waals surface area contributed by atoms with Crippen molar-refractivity contribution in [3.05, 3.63) is 10.4 Å². The molecular weight excluding hydrogens is 176 g/mol. The number of nitrogens with zero attached hydrogens (tertiary/aromatic N) is 4. The highest BCUT2D eigenvalue weighted by Crippen LogP contribution is 2.42. The Bertz CT molecular complexity index is 233. The number of hydrogen-bond acceptors (Lipinski definition) is 2. The van der Waals surface area contributed by atoms with E-state index in [0.29, 0.717) is 12.1 Å². The fourth-order valence-corrected chi connectivity index (χ4v) is 3.15. The largest absolute Gasteiger partial charge is 0.298 e. The highest BCUT2D eigenvalue weighted by Gasteiger charge is 2.42. The molecule has 0 aromatic carbocycles. The Morgan fingerprint density at radius 1 is 1.21 bits per heavy atom. The van der Waals surface area contributed by atoms with Crippen LogP contribution in [0.2, 0.25) is 0 Å². The molecule has 0 N–H and O–H groups in total. The van der Waals surface area contributed by atoms with E-state index in [2.05, 4.69) is 14.9 Å². The fraction of sp³-hybridized carbons (Fsp3) is 1.00. The lowest BCUT2D eigenvalue weighted by atomic mass is 9.94. The van der Waals surface area contributed by atoms with Crippen molar-refractivity contribution < 1.29 is 0 Å². The summed E-state index contributed by atoms with van der Waals surface area (Å²) in [6, 6.07) is 0. The van der Waals surface area contributed by atoms with Crippen molar-refractivity contribution in [2.24, 2.45) is 5.11 Å². The van der Waals surface area contributed by atoms with E-state index in [1.807, 2.05) is 0 Å². The normalized spacial score (nSPS) is 25.4. The molecule has 1 spiro atoms. The van der Waals surface area contributed by atoms with Crippen molar-refractivity contribution in [2.75, 3.05) is 19.6 Å². The summed E-state index contributed by atoms with van der Waals surface area (Å²) in [7, 11) is 0. The second-order valence-corrected chi connectivity index (χ2v) is 4.48. The van der Waals surface area contributed by atoms with Gasteiger partial charge in [0, 0.05) is 23.5 Å². The van der Waals surface area contributed by atoms with Gasteiger partial charge in [-0.25, -0.2) is 0 Å². The quantitative estimate of drug-likeness (QED) is 0.387. The second-order valence-electron chi connectivity index (χ2n) is 4.48. The van der Waals surface area contributed by atoms with Gasteiger partial charge in [0.15, 0.2) is 0 Å². The lowest BCUT2D eigenvalue weighted by Gasteiger charge is -2.34. The fourth-order valence-electron chi connectivity index (χ4n) is 3.15. The summed E-state index contributed by atoms with van der Waals surface area (Å²) < 4.78 is 0. The molecule has 0 bridgehead atoms. The van der Waals surface area contributed by atoms with E-state index in [1.165, 1.54) is 45.1 Å². The third-order valence-corrected chi connectivity index (χ3v) is 3.81. The molecule has 1 saturated heterocycles. The summed E-state index contributed by atoms with van der Waals surface area (Å²) >= 11 is 0. The van der Waals surface area contributed by atoms with Crippen LogP contribution in [0.5, 0.6) is 0 Å². The average Bonchev–Trinajstić information content (AvgIpc) is 2.80. The van der Waals surface area contributed by atoms with Crippen molar-refractivity contribution in [2.45, 2.75) is 44.1 Å². The molecule has 2 fully saturated rings. The second kappa shape index (κ2) is 4.20. The maximum Gasteiger partial charge on any atom is 0.0386 e. The van der Waals surface area contributed by atoms with Gasteiger partial charge in [-0.1, -0.05) is 18.0 Å². The molecule has 1 aliphatic carbocycles. The minimum Gasteiger partial charge on any atom is -0.298 e. The molecule has 1 heterocycles. The van der Waals surface area contributed by atoms with Gasteiger partial charge in [-0.2, -0.15) is 0 Å². The maximum absolute atomic E-state index is 8.24. The molecule has 1 saturated carbocycles. The third-order valence-electron chi connectivity index (χ3n) is 3.81. The summed E-state index contributed by atoms with van der Waals surface area (Å²) in [6.07, 6.45) is 8.20. The molecule has 14 heavy (non-hydrogen) atoms. The zero-order chi connectivity index (χ0) is 9.86. The topological polar surface area (TPSA) is 52.0 Å². The van der Waals surface area contributed by atoms with Crippen LogP contribution in [0.15, 0.2) is 5.11 Å². The molecule has 0 unspecified atom stereocenters. The van der Waals surface area contributed by atoms with Crippen molar-refractivity contribution in [3.8, 4) is 0 Å². The zero-order valence-electron chi connectivity index (χ0n) is 8.65. The van der Waals surface area contributed by atoms with Gasteiger partial charge >= 0.3 is 0 Å². The van der Waals surface area contributed by atoms with Gasteiger partial charge < -0.3 is 0 Å². The number of likely N-dealkylation sites (tertiary alicyclic amines) is 1. The first-order chi connectivity index (χ1) is 6.87. The van der Waals surface area contributed by atoms with Crippen LogP contribution in [-0.2, 0) is 0 Å². The van der Waals surface area contributed by atoms with Gasteiger partial charge in [-0.3, -0.25) is 4.90 Å². The number of hydrogen-bond donors (Lipinski definition) is 0. The highest BCUT2D eigenvalue weighted by molar-refractivity contribution is 4.98. The summed E-state index contributed by atoms with van der Waals surface area (Å²) in [5.74, 6) is 0. The van der Waals surface area contributed by atoms with Crippen LogP contribution in [0.25, 0.3) is 10.4 Å². The van der Waals surface area contributed by atoms with E-state index in [4.69, 9.17) is 5.53 Å². The van der Waals surface area contributed by atoms with Crippen molar-refractivity contribution in [1.82, 2.24) is 4.90 Å². The van der Waals surface area contributed by atoms with E-state index in [9.17, 15) is 0 Å². The molecular formula is C10H18N4. The minimum absolute atomic E-state index is 0.505. The lowest BCUT2D eigenvalue weighted by Crippen LogP contribution is -2.42. The van der Waals surface area contributed by atoms with E-state index in [0.717, 1.165) is 6.54 Å². The first-order valence-corrected chi connectivity index (χ1v) is 5.63. The Kier molecular flexibility index (Phi) is 2.94. The maximum atomic E-state index is 8.24. The third kappa shape index (κ3) is 1.72. The monoisotopic (exact) mass is 194 g/mol. The molecule has 4 heteroatoms. The van der Waals surface area contributed by atoms with Gasteiger partial charge in [0.2, 0.25) is 0 Å². The van der Waals surface area contributed by atoms with Crippen molar-refractivity contribution >= 4 is 0 Å². The molecule has 0 radical (unpaired) electrons. The predicted molar refractivity (Wildman–Crippen MR) is 56.0 cm³/mol. The molecule has 0 aromatic heterocycles. The Morgan fingerprint density at radius 3 is 2.64 bits per heavy atom. The molecule has 2 rings (SSSR count). The van der Waals surface area contributed by atoms with Crippen LogP contribution >= 0.6 is 0 Å². The van der Waals surface area contributed by atoms with Gasteiger partial charge in [0.05, 0.1) is 0 Å². The van der Waals surface area contributed by atoms with Crippen LogP contribution in [0.3, 0.4) is 0 Å². The van der Waals surface area contributed by atoms with Crippen molar-refractivity contribution in [3.63, 3.8) is 0 Å². The van der Waals surface area contributed by atoms with E-state index >= 15 is 0 Å². The van der Waals surface area contributed by atoms with Gasteiger partial charge in [0.1, 0.15) is 0 Å². The molecule has 0 amide bonds. The Balaban J connectivity index is 1.92. The molecule has 78 valence electrons. The summed E-state index contributed by atoms with van der Waals surface area (Å²) in [5, 5.41) is 3.63. The standard InChI is InChI=1S/C10H18N4/c11-13-12-7-9-14-8-3-6-10(14)4-1-2-5-10/h1-9H2. The lowest BCUT2D eigenvalue weighted by molar-refractivity contribution is 0.147. The van der Waals surface area contributed by atoms with Crippen LogP contribution in [0.4, 0.5) is 0 Å². The van der Waals surface area contributed by atoms with Crippen LogP contribution < -0.4 is 0 Å². The first kappa shape index (κ1) is 9.81. The predicted octanol–water partition coefficient (Wildman–Crippen LogP) is 2.71. The highest BCUT2D eigenvalue weighted by atomic mass is 15.2. The Hall–Kier alpha value is -0.730. The summed E-state index contributed by atoms with van der Waals surface area (Å²) in [4.78, 5) is 5.37. The number of azide groups is 1. The first-order valence-electron chi connectivity index (χ1n) is 5.63. The Labute approximate surface area is 84.9 Å². The minimum atomic E-state index is 0.505. The Morgan fingerprint density at radius 2 is 1.93 bits per heavy atom. The van der Waals surface area contributed by atoms with E-state index in [1.54, 1.807) is 0 Å². The molecule has 4 nitrogen and oxygen atoms in total.